The van der Waals surface area contributed by atoms with Crippen molar-refractivity contribution in [2.24, 2.45) is 5.92 Å². The van der Waals surface area contributed by atoms with Gasteiger partial charge >= 0.3 is 12.1 Å². The van der Waals surface area contributed by atoms with Crippen molar-refractivity contribution in [2.75, 3.05) is 23.3 Å². The van der Waals surface area contributed by atoms with Crippen LogP contribution in [0.1, 0.15) is 32.9 Å². The summed E-state index contributed by atoms with van der Waals surface area (Å²) < 4.78 is 5.31. The summed E-state index contributed by atoms with van der Waals surface area (Å²) in [6.07, 6.45) is 1.34. The molecule has 11 heteroatoms. The molecule has 4 N–H and O–H groups in total. The van der Waals surface area contributed by atoms with Crippen LogP contribution >= 0.6 is 0 Å². The number of aromatic amines is 1. The van der Waals surface area contributed by atoms with Crippen molar-refractivity contribution in [3.05, 3.63) is 24.0 Å². The van der Waals surface area contributed by atoms with Crippen LogP contribution in [-0.4, -0.2) is 62.1 Å². The van der Waals surface area contributed by atoms with Crippen LogP contribution in [0.15, 0.2) is 18.3 Å². The molecule has 1 fully saturated rings. The maximum atomic E-state index is 12.2. The van der Waals surface area contributed by atoms with Crippen molar-refractivity contribution in [1.82, 2.24) is 25.5 Å². The zero-order chi connectivity index (χ0) is 21.9. The van der Waals surface area contributed by atoms with Crippen LogP contribution in [0.2, 0.25) is 0 Å². The smallest absolute Gasteiger partial charge is 0.407 e. The van der Waals surface area contributed by atoms with Crippen molar-refractivity contribution in [3.63, 3.8) is 0 Å². The zero-order valence-electron chi connectivity index (χ0n) is 17.5. The molecule has 3 heterocycles. The molecule has 0 aliphatic carbocycles. The Morgan fingerprint density at radius 3 is 2.70 bits per heavy atom. The monoisotopic (exact) mass is 417 g/mol. The molecule has 0 aromatic carbocycles. The fourth-order valence-corrected chi connectivity index (χ4v) is 3.24. The van der Waals surface area contributed by atoms with Gasteiger partial charge in [-0.1, -0.05) is 0 Å². The van der Waals surface area contributed by atoms with Gasteiger partial charge in [-0.05, 0) is 34.1 Å². The lowest BCUT2D eigenvalue weighted by Gasteiger charge is -2.36. The molecule has 1 aliphatic rings. The van der Waals surface area contributed by atoms with Crippen molar-refractivity contribution < 1.29 is 19.4 Å². The van der Waals surface area contributed by atoms with Gasteiger partial charge in [-0.2, -0.15) is 10.1 Å². The maximum Gasteiger partial charge on any atom is 0.407 e. The fraction of sp³-hybridized carbons (Fsp3) is 0.526. The first-order valence-corrected chi connectivity index (χ1v) is 9.68. The third-order valence-corrected chi connectivity index (χ3v) is 4.41. The van der Waals surface area contributed by atoms with Gasteiger partial charge in [0, 0.05) is 30.9 Å². The number of hydrogen-bond donors (Lipinski definition) is 4. The number of nitrogens with zero attached hydrogens (tertiary/aromatic N) is 4. The Bertz CT molecular complexity index is 895. The van der Waals surface area contributed by atoms with Crippen molar-refractivity contribution >= 4 is 29.6 Å². The third-order valence-electron chi connectivity index (χ3n) is 4.41. The molecule has 0 saturated carbocycles. The van der Waals surface area contributed by atoms with Crippen LogP contribution in [0.4, 0.5) is 22.4 Å². The molecule has 2 aromatic heterocycles. The number of carboxylic acid groups (broad SMARTS) is 1. The minimum Gasteiger partial charge on any atom is -0.481 e. The Kier molecular flexibility index (Phi) is 6.09. The Hall–Kier alpha value is -3.37. The SMILES string of the molecule is Cc1cc(Nc2ccn[nH]2)nc(N2CC(C(=O)O)C[C@@H](NC(=O)OC(C)(C)C)C2)n1. The lowest BCUT2D eigenvalue weighted by Crippen LogP contribution is -2.53. The fourth-order valence-electron chi connectivity index (χ4n) is 3.24. The van der Waals surface area contributed by atoms with E-state index in [0.717, 1.165) is 5.69 Å². The molecular weight excluding hydrogens is 390 g/mol. The molecular formula is C19H27N7O4. The number of aryl methyl sites for hydroxylation is 1. The summed E-state index contributed by atoms with van der Waals surface area (Å²) in [5.74, 6) is 0.00588. The standard InChI is InChI=1S/C19H27N7O4/c1-11-7-15(23-14-5-6-20-25-14)24-17(21-11)26-9-12(16(27)28)8-13(10-26)22-18(29)30-19(2,3)4/h5-7,12-13H,8-10H2,1-4H3,(H,22,29)(H,27,28)(H2,20,21,23,24,25)/t12?,13-/m1/s1. The van der Waals surface area contributed by atoms with E-state index in [1.54, 1.807) is 44.0 Å². The second kappa shape index (κ2) is 8.56. The summed E-state index contributed by atoms with van der Waals surface area (Å²) in [7, 11) is 0. The number of carbonyl (C=O) groups excluding carboxylic acids is 1. The predicted molar refractivity (Wildman–Crippen MR) is 110 cm³/mol. The van der Waals surface area contributed by atoms with E-state index in [2.05, 4.69) is 30.8 Å². The van der Waals surface area contributed by atoms with Crippen molar-refractivity contribution in [2.45, 2.75) is 45.8 Å². The molecule has 1 aliphatic heterocycles. The molecule has 0 bridgehead atoms. The van der Waals surface area contributed by atoms with Crippen LogP contribution in [0.3, 0.4) is 0 Å². The highest BCUT2D eigenvalue weighted by molar-refractivity contribution is 5.72. The van der Waals surface area contributed by atoms with Gasteiger partial charge in [0.2, 0.25) is 5.95 Å². The number of anilines is 3. The highest BCUT2D eigenvalue weighted by Crippen LogP contribution is 2.24. The van der Waals surface area contributed by atoms with E-state index >= 15 is 0 Å². The van der Waals surface area contributed by atoms with Gasteiger partial charge in [-0.25, -0.2) is 9.78 Å². The Morgan fingerprint density at radius 2 is 2.07 bits per heavy atom. The molecule has 3 rings (SSSR count). The van der Waals surface area contributed by atoms with Crippen molar-refractivity contribution in [1.29, 1.82) is 0 Å². The largest absolute Gasteiger partial charge is 0.481 e. The molecule has 1 unspecified atom stereocenters. The molecule has 30 heavy (non-hydrogen) atoms. The number of aliphatic carboxylic acids is 1. The van der Waals surface area contributed by atoms with E-state index in [4.69, 9.17) is 4.74 Å². The van der Waals surface area contributed by atoms with Gasteiger partial charge in [0.25, 0.3) is 0 Å². The van der Waals surface area contributed by atoms with E-state index in [-0.39, 0.29) is 6.54 Å². The maximum absolute atomic E-state index is 12.2. The van der Waals surface area contributed by atoms with Crippen LogP contribution in [0, 0.1) is 12.8 Å². The van der Waals surface area contributed by atoms with Gasteiger partial charge < -0.3 is 25.4 Å². The van der Waals surface area contributed by atoms with Crippen LogP contribution in [-0.2, 0) is 9.53 Å². The molecule has 1 saturated heterocycles. The number of carboxylic acids is 1. The number of ether oxygens (including phenoxy) is 1. The summed E-state index contributed by atoms with van der Waals surface area (Å²) >= 11 is 0. The molecule has 1 amide bonds. The summed E-state index contributed by atoms with van der Waals surface area (Å²) in [4.78, 5) is 34.6. The molecule has 2 atom stereocenters. The van der Waals surface area contributed by atoms with E-state index < -0.39 is 29.6 Å². The number of carbonyl (C=O) groups is 2. The van der Waals surface area contributed by atoms with Gasteiger partial charge in [0.05, 0.1) is 18.2 Å². The molecule has 11 nitrogen and oxygen atoms in total. The van der Waals surface area contributed by atoms with Crippen LogP contribution in [0.5, 0.6) is 0 Å². The van der Waals surface area contributed by atoms with E-state index in [0.29, 0.717) is 30.5 Å². The van der Waals surface area contributed by atoms with E-state index in [1.807, 2.05) is 6.92 Å². The number of aromatic nitrogens is 4. The molecule has 0 spiro atoms. The van der Waals surface area contributed by atoms with Gasteiger partial charge in [0.15, 0.2) is 0 Å². The normalized spacial score (nSPS) is 19.3. The number of H-pyrrole nitrogens is 1. The Labute approximate surface area is 174 Å². The van der Waals surface area contributed by atoms with E-state index in [9.17, 15) is 14.7 Å². The first-order valence-electron chi connectivity index (χ1n) is 9.68. The average Bonchev–Trinajstić information content (AvgIpc) is 3.12. The summed E-state index contributed by atoms with van der Waals surface area (Å²) in [5, 5.41) is 22.2. The molecule has 162 valence electrons. The third kappa shape index (κ3) is 5.82. The highest BCUT2D eigenvalue weighted by Gasteiger charge is 2.34. The van der Waals surface area contributed by atoms with E-state index in [1.165, 1.54) is 0 Å². The average molecular weight is 417 g/mol. The Morgan fingerprint density at radius 1 is 1.30 bits per heavy atom. The van der Waals surface area contributed by atoms with Gasteiger partial charge in [-0.3, -0.25) is 9.89 Å². The number of amides is 1. The van der Waals surface area contributed by atoms with Crippen LogP contribution in [0.25, 0.3) is 0 Å². The Balaban J connectivity index is 1.78. The first kappa shape index (κ1) is 21.3. The molecule has 2 aromatic rings. The van der Waals surface area contributed by atoms with Crippen LogP contribution < -0.4 is 15.5 Å². The minimum absolute atomic E-state index is 0.245. The number of piperidine rings is 1. The highest BCUT2D eigenvalue weighted by atomic mass is 16.6. The summed E-state index contributed by atoms with van der Waals surface area (Å²) in [6.45, 7) is 7.76. The second-order valence-corrected chi connectivity index (χ2v) is 8.31. The van der Waals surface area contributed by atoms with Crippen molar-refractivity contribution in [3.8, 4) is 0 Å². The summed E-state index contributed by atoms with van der Waals surface area (Å²) in [5.41, 5.74) is 0.0773. The van der Waals surface area contributed by atoms with Gasteiger partial charge in [-0.15, -0.1) is 0 Å². The lowest BCUT2D eigenvalue weighted by molar-refractivity contribution is -0.142. The second-order valence-electron chi connectivity index (χ2n) is 8.31. The number of alkyl carbamates (subject to hydrolysis) is 1. The lowest BCUT2D eigenvalue weighted by atomic mass is 9.94. The molecule has 0 radical (unpaired) electrons. The summed E-state index contributed by atoms with van der Waals surface area (Å²) in [6, 6.07) is 3.13. The topological polar surface area (TPSA) is 145 Å². The number of rotatable bonds is 5. The first-order chi connectivity index (χ1) is 14.1. The van der Waals surface area contributed by atoms with Gasteiger partial charge in [0.1, 0.15) is 17.2 Å². The minimum atomic E-state index is -0.931. The number of hydrogen-bond acceptors (Lipinski definition) is 8. The number of nitrogens with one attached hydrogen (secondary N) is 3. The quantitative estimate of drug-likeness (QED) is 0.574. The zero-order valence-corrected chi connectivity index (χ0v) is 17.5. The predicted octanol–water partition coefficient (Wildman–Crippen LogP) is 2.06.